The van der Waals surface area contributed by atoms with E-state index in [4.69, 9.17) is 10.8 Å². The number of anilines is 1. The lowest BCUT2D eigenvalue weighted by atomic mass is 9.99. The third kappa shape index (κ3) is 2.06. The summed E-state index contributed by atoms with van der Waals surface area (Å²) in [5.74, 6) is -1.28. The van der Waals surface area contributed by atoms with Crippen LogP contribution in [-0.2, 0) is 4.79 Å². The Hall–Kier alpha value is -2.11. The SMILES string of the molecule is Cc1ccc(C(N)=O)c(N2CC(C(=O)O)C2)n1. The van der Waals surface area contributed by atoms with Crippen molar-refractivity contribution in [2.24, 2.45) is 11.7 Å². The van der Waals surface area contributed by atoms with Crippen LogP contribution in [0.15, 0.2) is 12.1 Å². The van der Waals surface area contributed by atoms with E-state index in [-0.39, 0.29) is 0 Å². The molecule has 0 bridgehead atoms. The largest absolute Gasteiger partial charge is 0.481 e. The van der Waals surface area contributed by atoms with Gasteiger partial charge in [-0.15, -0.1) is 0 Å². The van der Waals surface area contributed by atoms with Crippen LogP contribution in [0.4, 0.5) is 5.82 Å². The highest BCUT2D eigenvalue weighted by Gasteiger charge is 2.35. The van der Waals surface area contributed by atoms with Gasteiger partial charge in [-0.05, 0) is 19.1 Å². The third-order valence-electron chi connectivity index (χ3n) is 2.81. The highest BCUT2D eigenvalue weighted by Crippen LogP contribution is 2.26. The summed E-state index contributed by atoms with van der Waals surface area (Å²) in [6, 6.07) is 3.33. The fraction of sp³-hybridized carbons (Fsp3) is 0.364. The van der Waals surface area contributed by atoms with Gasteiger partial charge in [0.25, 0.3) is 5.91 Å². The molecule has 0 unspecified atom stereocenters. The summed E-state index contributed by atoms with van der Waals surface area (Å²) in [5, 5.41) is 8.79. The van der Waals surface area contributed by atoms with E-state index in [0.717, 1.165) is 5.69 Å². The highest BCUT2D eigenvalue weighted by molar-refractivity contribution is 5.98. The number of amides is 1. The molecule has 0 spiro atoms. The molecular weight excluding hydrogens is 222 g/mol. The molecule has 0 aliphatic carbocycles. The van der Waals surface area contributed by atoms with Gasteiger partial charge in [-0.25, -0.2) is 4.98 Å². The summed E-state index contributed by atoms with van der Waals surface area (Å²) >= 11 is 0. The molecule has 6 heteroatoms. The van der Waals surface area contributed by atoms with E-state index in [1.54, 1.807) is 17.0 Å². The van der Waals surface area contributed by atoms with E-state index in [9.17, 15) is 9.59 Å². The van der Waals surface area contributed by atoms with Gasteiger partial charge in [0, 0.05) is 18.8 Å². The normalized spacial score (nSPS) is 15.5. The lowest BCUT2D eigenvalue weighted by molar-refractivity contribution is -0.142. The Labute approximate surface area is 98.1 Å². The Morgan fingerprint density at radius 1 is 1.47 bits per heavy atom. The molecule has 17 heavy (non-hydrogen) atoms. The highest BCUT2D eigenvalue weighted by atomic mass is 16.4. The van der Waals surface area contributed by atoms with E-state index < -0.39 is 17.8 Å². The monoisotopic (exact) mass is 235 g/mol. The lowest BCUT2D eigenvalue weighted by Crippen LogP contribution is -2.51. The van der Waals surface area contributed by atoms with Crippen LogP contribution in [0.25, 0.3) is 0 Å². The van der Waals surface area contributed by atoms with Crippen molar-refractivity contribution in [3.05, 3.63) is 23.4 Å². The Kier molecular flexibility index (Phi) is 2.71. The molecule has 3 N–H and O–H groups in total. The summed E-state index contributed by atoms with van der Waals surface area (Å²) in [4.78, 5) is 27.9. The number of pyridine rings is 1. The second-order valence-electron chi connectivity index (χ2n) is 4.13. The van der Waals surface area contributed by atoms with Crippen molar-refractivity contribution in [3.8, 4) is 0 Å². The second kappa shape index (κ2) is 4.04. The number of aliphatic carboxylic acids is 1. The summed E-state index contributed by atoms with van der Waals surface area (Å²) in [6.07, 6.45) is 0. The minimum Gasteiger partial charge on any atom is -0.481 e. The second-order valence-corrected chi connectivity index (χ2v) is 4.13. The molecule has 0 saturated carbocycles. The van der Waals surface area contributed by atoms with Crippen molar-refractivity contribution in [2.45, 2.75) is 6.92 Å². The molecule has 2 heterocycles. The maximum atomic E-state index is 11.2. The molecule has 0 aromatic carbocycles. The van der Waals surface area contributed by atoms with Gasteiger partial charge < -0.3 is 15.7 Å². The summed E-state index contributed by atoms with van der Waals surface area (Å²) in [6.45, 7) is 2.54. The first-order valence-corrected chi connectivity index (χ1v) is 5.24. The standard InChI is InChI=1S/C11H13N3O3/c1-6-2-3-8(9(12)15)10(13-6)14-4-7(5-14)11(16)17/h2-3,7H,4-5H2,1H3,(H2,12,15)(H,16,17). The van der Waals surface area contributed by atoms with Crippen molar-refractivity contribution >= 4 is 17.7 Å². The fourth-order valence-electron chi connectivity index (χ4n) is 1.78. The van der Waals surface area contributed by atoms with Gasteiger partial charge in [-0.3, -0.25) is 9.59 Å². The van der Waals surface area contributed by atoms with Gasteiger partial charge in [-0.2, -0.15) is 0 Å². The smallest absolute Gasteiger partial charge is 0.310 e. The number of aryl methyl sites for hydroxylation is 1. The number of aromatic nitrogens is 1. The predicted octanol–water partition coefficient (Wildman–Crippen LogP) is 0.00972. The van der Waals surface area contributed by atoms with Gasteiger partial charge in [-0.1, -0.05) is 0 Å². The van der Waals surface area contributed by atoms with Crippen molar-refractivity contribution < 1.29 is 14.7 Å². The quantitative estimate of drug-likeness (QED) is 0.769. The zero-order valence-electron chi connectivity index (χ0n) is 9.38. The molecule has 1 saturated heterocycles. The number of primary amides is 1. The molecule has 1 amide bonds. The number of carbonyl (C=O) groups is 2. The zero-order valence-corrected chi connectivity index (χ0v) is 9.38. The molecule has 1 fully saturated rings. The molecule has 6 nitrogen and oxygen atoms in total. The Morgan fingerprint density at radius 3 is 2.65 bits per heavy atom. The van der Waals surface area contributed by atoms with Crippen LogP contribution in [0.1, 0.15) is 16.1 Å². The van der Waals surface area contributed by atoms with Crippen molar-refractivity contribution in [3.63, 3.8) is 0 Å². The van der Waals surface area contributed by atoms with Crippen molar-refractivity contribution in [2.75, 3.05) is 18.0 Å². The molecule has 1 aromatic rings. The van der Waals surface area contributed by atoms with E-state index >= 15 is 0 Å². The summed E-state index contributed by atoms with van der Waals surface area (Å²) < 4.78 is 0. The van der Waals surface area contributed by atoms with Crippen LogP contribution < -0.4 is 10.6 Å². The number of hydrogen-bond acceptors (Lipinski definition) is 4. The zero-order chi connectivity index (χ0) is 12.6. The molecule has 90 valence electrons. The van der Waals surface area contributed by atoms with Gasteiger partial charge in [0.15, 0.2) is 0 Å². The van der Waals surface area contributed by atoms with Crippen LogP contribution in [0, 0.1) is 12.8 Å². The first kappa shape index (κ1) is 11.4. The number of carbonyl (C=O) groups excluding carboxylic acids is 1. The first-order chi connectivity index (χ1) is 7.99. The van der Waals surface area contributed by atoms with Gasteiger partial charge in [0.2, 0.25) is 0 Å². The topological polar surface area (TPSA) is 96.5 Å². The summed E-state index contributed by atoms with van der Waals surface area (Å²) in [7, 11) is 0. The first-order valence-electron chi connectivity index (χ1n) is 5.24. The Bertz CT molecular complexity index is 481. The van der Waals surface area contributed by atoms with E-state index in [2.05, 4.69) is 4.98 Å². The van der Waals surface area contributed by atoms with E-state index in [1.807, 2.05) is 6.92 Å². The number of hydrogen-bond donors (Lipinski definition) is 2. The number of carboxylic acid groups (broad SMARTS) is 1. The van der Waals surface area contributed by atoms with Gasteiger partial charge >= 0.3 is 5.97 Å². The van der Waals surface area contributed by atoms with Crippen LogP contribution in [0.2, 0.25) is 0 Å². The van der Waals surface area contributed by atoms with Crippen LogP contribution in [0.5, 0.6) is 0 Å². The average molecular weight is 235 g/mol. The lowest BCUT2D eigenvalue weighted by Gasteiger charge is -2.38. The van der Waals surface area contributed by atoms with Crippen LogP contribution in [0.3, 0.4) is 0 Å². The number of nitrogens with zero attached hydrogens (tertiary/aromatic N) is 2. The maximum absolute atomic E-state index is 11.2. The molecule has 1 aliphatic rings. The van der Waals surface area contributed by atoms with E-state index in [1.165, 1.54) is 0 Å². The number of nitrogens with two attached hydrogens (primary N) is 1. The fourth-order valence-corrected chi connectivity index (χ4v) is 1.78. The van der Waals surface area contributed by atoms with Crippen molar-refractivity contribution in [1.82, 2.24) is 4.98 Å². The van der Waals surface area contributed by atoms with Gasteiger partial charge in [0.1, 0.15) is 5.82 Å². The average Bonchev–Trinajstić information content (AvgIpc) is 2.14. The maximum Gasteiger partial charge on any atom is 0.310 e. The minimum atomic E-state index is -0.825. The Balaban J connectivity index is 2.24. The third-order valence-corrected chi connectivity index (χ3v) is 2.81. The number of rotatable bonds is 3. The minimum absolute atomic E-state index is 0.333. The molecular formula is C11H13N3O3. The molecule has 0 radical (unpaired) electrons. The molecule has 1 aliphatic heterocycles. The molecule has 2 rings (SSSR count). The number of carboxylic acids is 1. The van der Waals surface area contributed by atoms with Gasteiger partial charge in [0.05, 0.1) is 11.5 Å². The molecule has 1 aromatic heterocycles. The molecule has 0 atom stereocenters. The predicted molar refractivity (Wildman–Crippen MR) is 60.8 cm³/mol. The summed E-state index contributed by atoms with van der Waals surface area (Å²) in [5.41, 5.74) is 6.35. The van der Waals surface area contributed by atoms with Crippen LogP contribution >= 0.6 is 0 Å². The van der Waals surface area contributed by atoms with Crippen LogP contribution in [-0.4, -0.2) is 35.1 Å². The van der Waals surface area contributed by atoms with E-state index in [0.29, 0.717) is 24.5 Å². The Morgan fingerprint density at radius 2 is 2.12 bits per heavy atom. The van der Waals surface area contributed by atoms with Crippen molar-refractivity contribution in [1.29, 1.82) is 0 Å².